The van der Waals surface area contributed by atoms with Gasteiger partial charge in [0.25, 0.3) is 5.91 Å². The van der Waals surface area contributed by atoms with Crippen molar-refractivity contribution in [3.05, 3.63) is 54.1 Å². The molecule has 0 spiro atoms. The Morgan fingerprint density at radius 1 is 1.06 bits per heavy atom. The van der Waals surface area contributed by atoms with Crippen LogP contribution in [0.3, 0.4) is 0 Å². The number of alkyl carbamates (subject to hydrolysis) is 1. The molecule has 11 nitrogen and oxygen atoms in total. The van der Waals surface area contributed by atoms with Crippen LogP contribution in [0.4, 0.5) is 10.5 Å². The molecule has 2 atom stereocenters. The second-order valence-corrected chi connectivity index (χ2v) is 9.00. The summed E-state index contributed by atoms with van der Waals surface area (Å²) < 4.78 is 10.3. The van der Waals surface area contributed by atoms with Crippen molar-refractivity contribution in [3.8, 4) is 11.5 Å². The summed E-state index contributed by atoms with van der Waals surface area (Å²) >= 11 is 0. The molecule has 36 heavy (non-hydrogen) atoms. The summed E-state index contributed by atoms with van der Waals surface area (Å²) in [7, 11) is 2.83. The van der Waals surface area contributed by atoms with Crippen molar-refractivity contribution in [3.63, 3.8) is 0 Å². The topological polar surface area (TPSA) is 160 Å². The number of nitrogens with zero attached hydrogens (tertiary/aromatic N) is 1. The number of nitrogens with two attached hydrogens (primary N) is 1. The third kappa shape index (κ3) is 7.90. The molecule has 5 N–H and O–H groups in total. The molecule has 0 heterocycles. The van der Waals surface area contributed by atoms with Crippen LogP contribution in [0.5, 0.6) is 11.5 Å². The van der Waals surface area contributed by atoms with E-state index in [0.29, 0.717) is 11.4 Å². The third-order valence-electron chi connectivity index (χ3n) is 4.97. The summed E-state index contributed by atoms with van der Waals surface area (Å²) in [6, 6.07) is 9.81. The Kier molecular flexibility index (Phi) is 9.25. The fourth-order valence-electron chi connectivity index (χ4n) is 3.35. The van der Waals surface area contributed by atoms with Crippen molar-refractivity contribution >= 4 is 29.5 Å². The van der Waals surface area contributed by atoms with Gasteiger partial charge in [0.1, 0.15) is 29.2 Å². The van der Waals surface area contributed by atoms with Crippen molar-refractivity contribution in [2.45, 2.75) is 44.9 Å². The minimum absolute atomic E-state index is 0.134. The summed E-state index contributed by atoms with van der Waals surface area (Å²) in [4.78, 5) is 51.8. The number of phenols is 1. The number of aromatic hydroxyl groups is 1. The lowest BCUT2D eigenvalue weighted by Crippen LogP contribution is -2.52. The van der Waals surface area contributed by atoms with Crippen LogP contribution in [0.2, 0.25) is 0 Å². The first kappa shape index (κ1) is 28.0. The smallest absolute Gasteiger partial charge is 0.408 e. The zero-order valence-corrected chi connectivity index (χ0v) is 20.9. The van der Waals surface area contributed by atoms with Gasteiger partial charge in [0.05, 0.1) is 13.5 Å². The van der Waals surface area contributed by atoms with Crippen molar-refractivity contribution in [1.29, 1.82) is 0 Å². The summed E-state index contributed by atoms with van der Waals surface area (Å²) in [5.41, 5.74) is 5.00. The van der Waals surface area contributed by atoms with Gasteiger partial charge in [-0.2, -0.15) is 0 Å². The fourth-order valence-corrected chi connectivity index (χ4v) is 3.35. The molecule has 194 valence electrons. The zero-order chi connectivity index (χ0) is 27.0. The molecule has 0 aromatic heterocycles. The quantitative estimate of drug-likeness (QED) is 0.411. The number of phenolic OH excluding ortho intramolecular Hbond substituents is 1. The minimum atomic E-state index is -1.41. The van der Waals surface area contributed by atoms with Crippen molar-refractivity contribution in [2.75, 3.05) is 19.5 Å². The number of carbonyl (C=O) groups excluding carboxylic acids is 4. The van der Waals surface area contributed by atoms with Crippen molar-refractivity contribution < 1.29 is 33.8 Å². The van der Waals surface area contributed by atoms with E-state index in [1.165, 1.54) is 26.3 Å². The second-order valence-electron chi connectivity index (χ2n) is 9.00. The lowest BCUT2D eigenvalue weighted by molar-refractivity contribution is -0.140. The van der Waals surface area contributed by atoms with E-state index in [9.17, 15) is 24.3 Å². The number of hydrogen-bond donors (Lipinski definition) is 4. The lowest BCUT2D eigenvalue weighted by atomic mass is 10.0. The van der Waals surface area contributed by atoms with E-state index in [1.54, 1.807) is 57.2 Å². The third-order valence-corrected chi connectivity index (χ3v) is 4.97. The van der Waals surface area contributed by atoms with E-state index in [2.05, 4.69) is 10.6 Å². The number of carbonyl (C=O) groups is 4. The first-order valence-corrected chi connectivity index (χ1v) is 11.1. The number of nitrogens with one attached hydrogen (secondary N) is 2. The standard InChI is InChI=1S/C25H32N4O7/c1-25(2,3)36-24(34)28-18(14-20(26)31)23(33)29(4)21(17-8-6-7-9-19(17)30)22(32)27-15-10-12-16(35-5)13-11-15/h6-13,18,21,30H,14H2,1-5H3,(H2,26,31)(H,27,32)(H,28,34). The Labute approximate surface area is 209 Å². The number of benzene rings is 2. The van der Waals surface area contributed by atoms with Gasteiger partial charge >= 0.3 is 6.09 Å². The fraction of sp³-hybridized carbons (Fsp3) is 0.360. The molecule has 4 amide bonds. The van der Waals surface area contributed by atoms with Gasteiger partial charge < -0.3 is 35.8 Å². The summed E-state index contributed by atoms with van der Waals surface area (Å²) in [5, 5.41) is 15.5. The predicted octanol–water partition coefficient (Wildman–Crippen LogP) is 2.31. The van der Waals surface area contributed by atoms with Crippen LogP contribution in [-0.2, 0) is 19.1 Å². The molecule has 2 unspecified atom stereocenters. The van der Waals surface area contributed by atoms with Gasteiger partial charge in [-0.25, -0.2) is 4.79 Å². The number of hydrogen-bond acceptors (Lipinski definition) is 7. The van der Waals surface area contributed by atoms with Gasteiger partial charge in [0, 0.05) is 18.3 Å². The zero-order valence-electron chi connectivity index (χ0n) is 20.9. The molecule has 0 fully saturated rings. The average molecular weight is 501 g/mol. The van der Waals surface area contributed by atoms with Crippen LogP contribution in [0.25, 0.3) is 0 Å². The Morgan fingerprint density at radius 2 is 1.67 bits per heavy atom. The highest BCUT2D eigenvalue weighted by Gasteiger charge is 2.36. The number of para-hydroxylation sites is 1. The molecule has 11 heteroatoms. The van der Waals surface area contributed by atoms with Crippen LogP contribution in [-0.4, -0.2) is 59.6 Å². The van der Waals surface area contributed by atoms with E-state index in [-0.39, 0.29) is 11.3 Å². The molecular formula is C25H32N4O7. The van der Waals surface area contributed by atoms with Crippen LogP contribution >= 0.6 is 0 Å². The largest absolute Gasteiger partial charge is 0.508 e. The van der Waals surface area contributed by atoms with Gasteiger partial charge in [0.2, 0.25) is 11.8 Å². The van der Waals surface area contributed by atoms with Gasteiger partial charge in [-0.05, 0) is 51.1 Å². The maximum absolute atomic E-state index is 13.4. The van der Waals surface area contributed by atoms with Crippen LogP contribution in [0.1, 0.15) is 38.8 Å². The molecule has 2 aromatic carbocycles. The van der Waals surface area contributed by atoms with Gasteiger partial charge in [-0.15, -0.1) is 0 Å². The molecule has 0 aliphatic rings. The maximum Gasteiger partial charge on any atom is 0.408 e. The number of rotatable bonds is 9. The normalized spacial score (nSPS) is 12.6. The minimum Gasteiger partial charge on any atom is -0.508 e. The average Bonchev–Trinajstić information content (AvgIpc) is 2.78. The number of anilines is 1. The molecule has 0 aliphatic heterocycles. The first-order valence-electron chi connectivity index (χ1n) is 11.1. The predicted molar refractivity (Wildman–Crippen MR) is 132 cm³/mol. The second kappa shape index (κ2) is 11.9. The Hall–Kier alpha value is -4.28. The van der Waals surface area contributed by atoms with E-state index in [0.717, 1.165) is 4.90 Å². The number of methoxy groups -OCH3 is 1. The van der Waals surface area contributed by atoms with Gasteiger partial charge in [0.15, 0.2) is 0 Å². The lowest BCUT2D eigenvalue weighted by Gasteiger charge is -2.31. The molecule has 2 rings (SSSR count). The molecule has 0 saturated carbocycles. The molecule has 0 aliphatic carbocycles. The van der Waals surface area contributed by atoms with Gasteiger partial charge in [-0.1, -0.05) is 18.2 Å². The highest BCUT2D eigenvalue weighted by Crippen LogP contribution is 2.30. The van der Waals surface area contributed by atoms with E-state index in [4.69, 9.17) is 15.2 Å². The monoisotopic (exact) mass is 500 g/mol. The number of likely N-dealkylation sites (N-methyl/N-ethyl adjacent to an activating group) is 1. The van der Waals surface area contributed by atoms with Crippen molar-refractivity contribution in [1.82, 2.24) is 10.2 Å². The number of primary amides is 1. The molecular weight excluding hydrogens is 468 g/mol. The van der Waals surface area contributed by atoms with E-state index in [1.807, 2.05) is 0 Å². The summed E-state index contributed by atoms with van der Waals surface area (Å²) in [6.45, 7) is 4.92. The molecule has 0 radical (unpaired) electrons. The Morgan fingerprint density at radius 3 is 2.19 bits per heavy atom. The van der Waals surface area contributed by atoms with Crippen molar-refractivity contribution in [2.24, 2.45) is 5.73 Å². The first-order chi connectivity index (χ1) is 16.8. The van der Waals surface area contributed by atoms with Crippen LogP contribution in [0.15, 0.2) is 48.5 Å². The highest BCUT2D eigenvalue weighted by atomic mass is 16.6. The summed E-state index contributed by atoms with van der Waals surface area (Å²) in [6.07, 6.45) is -1.46. The molecule has 0 saturated heterocycles. The van der Waals surface area contributed by atoms with Crippen LogP contribution < -0.4 is 21.1 Å². The highest BCUT2D eigenvalue weighted by molar-refractivity contribution is 6.00. The summed E-state index contributed by atoms with van der Waals surface area (Å²) in [5.74, 6) is -1.93. The van der Waals surface area contributed by atoms with E-state index < -0.39 is 47.9 Å². The SMILES string of the molecule is COc1ccc(NC(=O)C(c2ccccc2O)N(C)C(=O)C(CC(N)=O)NC(=O)OC(C)(C)C)cc1. The Balaban J connectivity index is 2.38. The molecule has 2 aromatic rings. The number of amides is 4. The van der Waals surface area contributed by atoms with Gasteiger partial charge in [-0.3, -0.25) is 14.4 Å². The Bertz CT molecular complexity index is 1100. The number of ether oxygens (including phenoxy) is 2. The maximum atomic E-state index is 13.4. The van der Waals surface area contributed by atoms with E-state index >= 15 is 0 Å². The van der Waals surface area contributed by atoms with Crippen LogP contribution in [0, 0.1) is 0 Å². The molecule has 0 bridgehead atoms.